The van der Waals surface area contributed by atoms with Gasteiger partial charge in [-0.1, -0.05) is 0 Å². The minimum atomic E-state index is -4.53. The van der Waals surface area contributed by atoms with Crippen LogP contribution in [0.15, 0.2) is 40.8 Å². The second kappa shape index (κ2) is 6.04. The standard InChI is InChI=1S/C14H8F3N3O3S/c15-14(16,17)8-1-2-10(18-6-8)12(22)23-7-9-5-11(21)20-3-4-24-13(20)19-9/h1-6H,7H2. The number of hydrogen-bond donors (Lipinski definition) is 0. The molecule has 0 saturated heterocycles. The van der Waals surface area contributed by atoms with Crippen LogP contribution in [0.3, 0.4) is 0 Å². The van der Waals surface area contributed by atoms with Crippen LogP contribution in [0.25, 0.3) is 4.96 Å². The maximum absolute atomic E-state index is 12.4. The van der Waals surface area contributed by atoms with Gasteiger partial charge in [-0.15, -0.1) is 11.3 Å². The van der Waals surface area contributed by atoms with E-state index in [1.165, 1.54) is 21.8 Å². The number of ether oxygens (including phenoxy) is 1. The van der Waals surface area contributed by atoms with Gasteiger partial charge in [-0.2, -0.15) is 13.2 Å². The molecule has 0 saturated carbocycles. The van der Waals surface area contributed by atoms with Crippen molar-refractivity contribution >= 4 is 22.3 Å². The van der Waals surface area contributed by atoms with E-state index in [-0.39, 0.29) is 23.6 Å². The van der Waals surface area contributed by atoms with E-state index in [1.54, 1.807) is 11.6 Å². The van der Waals surface area contributed by atoms with Crippen molar-refractivity contribution in [3.05, 3.63) is 63.3 Å². The fourth-order valence-corrected chi connectivity index (χ4v) is 2.60. The van der Waals surface area contributed by atoms with Crippen LogP contribution >= 0.6 is 11.3 Å². The second-order valence-electron chi connectivity index (χ2n) is 4.65. The minimum Gasteiger partial charge on any atom is -0.454 e. The third kappa shape index (κ3) is 3.27. The molecule has 0 aromatic carbocycles. The lowest BCUT2D eigenvalue weighted by molar-refractivity contribution is -0.137. The molecule has 0 spiro atoms. The summed E-state index contributed by atoms with van der Waals surface area (Å²) in [6.45, 7) is -0.287. The molecular formula is C14H8F3N3O3S. The third-order valence-corrected chi connectivity index (χ3v) is 3.76. The number of hydrogen-bond acceptors (Lipinski definition) is 6. The fourth-order valence-electron chi connectivity index (χ4n) is 1.86. The molecule has 6 nitrogen and oxygen atoms in total. The first-order valence-electron chi connectivity index (χ1n) is 6.51. The maximum atomic E-state index is 12.4. The maximum Gasteiger partial charge on any atom is 0.417 e. The van der Waals surface area contributed by atoms with E-state index in [1.807, 2.05) is 0 Å². The van der Waals surface area contributed by atoms with E-state index >= 15 is 0 Å². The van der Waals surface area contributed by atoms with E-state index < -0.39 is 17.7 Å². The number of rotatable bonds is 3. The van der Waals surface area contributed by atoms with Gasteiger partial charge >= 0.3 is 12.1 Å². The Bertz CT molecular complexity index is 948. The molecule has 3 aromatic rings. The quantitative estimate of drug-likeness (QED) is 0.675. The molecule has 0 atom stereocenters. The smallest absolute Gasteiger partial charge is 0.417 e. The number of nitrogens with zero attached hydrogens (tertiary/aromatic N) is 3. The monoisotopic (exact) mass is 355 g/mol. The summed E-state index contributed by atoms with van der Waals surface area (Å²) in [7, 11) is 0. The van der Waals surface area contributed by atoms with Crippen molar-refractivity contribution in [2.75, 3.05) is 0 Å². The average molecular weight is 355 g/mol. The molecule has 0 aliphatic carbocycles. The molecule has 10 heteroatoms. The highest BCUT2D eigenvalue weighted by Crippen LogP contribution is 2.28. The fraction of sp³-hybridized carbons (Fsp3) is 0.143. The van der Waals surface area contributed by atoms with Crippen LogP contribution in [-0.4, -0.2) is 20.3 Å². The number of halogens is 3. The van der Waals surface area contributed by atoms with Gasteiger partial charge in [-0.05, 0) is 12.1 Å². The summed E-state index contributed by atoms with van der Waals surface area (Å²) in [6, 6.07) is 2.88. The van der Waals surface area contributed by atoms with Gasteiger partial charge in [-0.25, -0.2) is 14.8 Å². The summed E-state index contributed by atoms with van der Waals surface area (Å²) in [5.41, 5.74) is -1.31. The molecule has 0 aliphatic rings. The summed E-state index contributed by atoms with van der Waals surface area (Å²) in [5.74, 6) is -0.906. The lowest BCUT2D eigenvalue weighted by Gasteiger charge is -2.07. The average Bonchev–Trinajstić information content (AvgIpc) is 3.01. The predicted octanol–water partition coefficient (Wildman–Crippen LogP) is 2.53. The lowest BCUT2D eigenvalue weighted by Crippen LogP contribution is -2.15. The van der Waals surface area contributed by atoms with Crippen molar-refractivity contribution in [3.63, 3.8) is 0 Å². The van der Waals surface area contributed by atoms with Crippen LogP contribution in [0.4, 0.5) is 13.2 Å². The Morgan fingerprint density at radius 1 is 1.33 bits per heavy atom. The van der Waals surface area contributed by atoms with E-state index in [9.17, 15) is 22.8 Å². The molecule has 0 fully saturated rings. The van der Waals surface area contributed by atoms with Crippen LogP contribution in [0.5, 0.6) is 0 Å². The Morgan fingerprint density at radius 2 is 2.12 bits per heavy atom. The van der Waals surface area contributed by atoms with E-state index in [0.717, 1.165) is 12.1 Å². The largest absolute Gasteiger partial charge is 0.454 e. The van der Waals surface area contributed by atoms with Gasteiger partial charge in [-0.3, -0.25) is 9.20 Å². The molecule has 124 valence electrons. The normalized spacial score (nSPS) is 11.6. The molecule has 0 radical (unpaired) electrons. The van der Waals surface area contributed by atoms with Crippen molar-refractivity contribution < 1.29 is 22.7 Å². The molecule has 3 rings (SSSR count). The van der Waals surface area contributed by atoms with E-state index in [0.29, 0.717) is 11.2 Å². The minimum absolute atomic E-state index is 0.239. The summed E-state index contributed by atoms with van der Waals surface area (Å²) < 4.78 is 43.6. The number of pyridine rings is 1. The topological polar surface area (TPSA) is 73.6 Å². The van der Waals surface area contributed by atoms with Crippen LogP contribution in [-0.2, 0) is 17.5 Å². The number of thiazole rings is 1. The number of aromatic nitrogens is 3. The number of carbonyl (C=O) groups is 1. The van der Waals surface area contributed by atoms with Crippen molar-refractivity contribution in [2.24, 2.45) is 0 Å². The number of carbonyl (C=O) groups excluding carboxylic acids is 1. The Labute approximate surface area is 136 Å². The first-order chi connectivity index (χ1) is 11.3. The molecule has 0 aliphatic heterocycles. The van der Waals surface area contributed by atoms with Gasteiger partial charge in [0.1, 0.15) is 12.3 Å². The highest BCUT2D eigenvalue weighted by molar-refractivity contribution is 7.15. The summed E-state index contributed by atoms with van der Waals surface area (Å²) in [6.07, 6.45) is -2.41. The summed E-state index contributed by atoms with van der Waals surface area (Å²) >= 11 is 1.24. The van der Waals surface area contributed by atoms with Crippen LogP contribution in [0.1, 0.15) is 21.7 Å². The van der Waals surface area contributed by atoms with Gasteiger partial charge < -0.3 is 4.74 Å². The van der Waals surface area contributed by atoms with E-state index in [4.69, 9.17) is 4.74 Å². The Hall–Kier alpha value is -2.75. The van der Waals surface area contributed by atoms with Crippen LogP contribution < -0.4 is 5.56 Å². The Kier molecular flexibility index (Phi) is 4.06. The highest BCUT2D eigenvalue weighted by Gasteiger charge is 2.31. The molecule has 0 bridgehead atoms. The van der Waals surface area contributed by atoms with Crippen molar-refractivity contribution in [3.8, 4) is 0 Å². The molecule has 3 heterocycles. The molecule has 24 heavy (non-hydrogen) atoms. The summed E-state index contributed by atoms with van der Waals surface area (Å²) in [4.78, 5) is 31.6. The summed E-state index contributed by atoms with van der Waals surface area (Å²) in [5, 5.41) is 1.69. The highest BCUT2D eigenvalue weighted by atomic mass is 32.1. The zero-order valence-corrected chi connectivity index (χ0v) is 12.6. The van der Waals surface area contributed by atoms with Crippen molar-refractivity contribution in [2.45, 2.75) is 12.8 Å². The first kappa shape index (κ1) is 16.1. The van der Waals surface area contributed by atoms with Crippen LogP contribution in [0.2, 0.25) is 0 Å². The first-order valence-corrected chi connectivity index (χ1v) is 7.39. The Morgan fingerprint density at radius 3 is 2.79 bits per heavy atom. The van der Waals surface area contributed by atoms with Crippen molar-refractivity contribution in [1.29, 1.82) is 0 Å². The van der Waals surface area contributed by atoms with Gasteiger partial charge in [0.15, 0.2) is 4.96 Å². The van der Waals surface area contributed by atoms with Gasteiger partial charge in [0, 0.05) is 23.8 Å². The molecular weight excluding hydrogens is 347 g/mol. The second-order valence-corrected chi connectivity index (χ2v) is 5.52. The lowest BCUT2D eigenvalue weighted by atomic mass is 10.2. The van der Waals surface area contributed by atoms with E-state index in [2.05, 4.69) is 9.97 Å². The zero-order valence-electron chi connectivity index (χ0n) is 11.8. The number of alkyl halides is 3. The number of esters is 1. The van der Waals surface area contributed by atoms with Gasteiger partial charge in [0.25, 0.3) is 5.56 Å². The SMILES string of the molecule is O=C(OCc1cc(=O)n2ccsc2n1)c1ccc(C(F)(F)F)cn1. The number of fused-ring (bicyclic) bond motifs is 1. The molecule has 3 aromatic heterocycles. The zero-order chi connectivity index (χ0) is 17.3. The molecule has 0 unspecified atom stereocenters. The van der Waals surface area contributed by atoms with Gasteiger partial charge in [0.2, 0.25) is 0 Å². The Balaban J connectivity index is 1.71. The van der Waals surface area contributed by atoms with Gasteiger partial charge in [0.05, 0.1) is 11.3 Å². The molecule has 0 N–H and O–H groups in total. The van der Waals surface area contributed by atoms with Crippen molar-refractivity contribution in [1.82, 2.24) is 14.4 Å². The third-order valence-electron chi connectivity index (χ3n) is 3.01. The predicted molar refractivity (Wildman–Crippen MR) is 77.7 cm³/mol. The molecule has 0 amide bonds. The van der Waals surface area contributed by atoms with Crippen LogP contribution in [0, 0.1) is 0 Å².